The third-order valence-corrected chi connectivity index (χ3v) is 1.91. The quantitative estimate of drug-likeness (QED) is 0.593. The van der Waals surface area contributed by atoms with Crippen molar-refractivity contribution in [3.05, 3.63) is 0 Å². The number of carbonyl (C=O) groups excluding carboxylic acids is 1. The van der Waals surface area contributed by atoms with Gasteiger partial charge >= 0.3 is 5.97 Å². The smallest absolute Gasteiger partial charge is 0.335 e. The molecular formula is C9H17NO3. The van der Waals surface area contributed by atoms with E-state index in [4.69, 9.17) is 4.74 Å². The highest BCUT2D eigenvalue weighted by Crippen LogP contribution is 2.14. The van der Waals surface area contributed by atoms with Gasteiger partial charge in [0.1, 0.15) is 5.60 Å². The van der Waals surface area contributed by atoms with Crippen LogP contribution in [0.1, 0.15) is 20.8 Å². The van der Waals surface area contributed by atoms with Gasteiger partial charge in [0.2, 0.25) is 0 Å². The fourth-order valence-electron chi connectivity index (χ4n) is 1.09. The minimum Gasteiger partial charge on any atom is -0.458 e. The third kappa shape index (κ3) is 2.97. The van der Waals surface area contributed by atoms with Crippen molar-refractivity contribution in [2.45, 2.75) is 32.5 Å². The van der Waals surface area contributed by atoms with Gasteiger partial charge in [0.15, 0.2) is 6.10 Å². The zero-order chi connectivity index (χ0) is 10.1. The van der Waals surface area contributed by atoms with Gasteiger partial charge < -0.3 is 15.2 Å². The average Bonchev–Trinajstić information content (AvgIpc) is 1.78. The zero-order valence-electron chi connectivity index (χ0n) is 8.33. The van der Waals surface area contributed by atoms with Crippen molar-refractivity contribution in [3.63, 3.8) is 0 Å². The summed E-state index contributed by atoms with van der Waals surface area (Å²) in [5.74, 6) is -0.492. The molecule has 0 aliphatic carbocycles. The Bertz CT molecular complexity index is 194. The van der Waals surface area contributed by atoms with Crippen LogP contribution in [0.25, 0.3) is 0 Å². The minimum atomic E-state index is -0.972. The fourth-order valence-corrected chi connectivity index (χ4v) is 1.09. The summed E-state index contributed by atoms with van der Waals surface area (Å²) in [5, 5.41) is 12.5. The van der Waals surface area contributed by atoms with Gasteiger partial charge in [-0.15, -0.1) is 0 Å². The van der Waals surface area contributed by atoms with Crippen molar-refractivity contribution >= 4 is 5.97 Å². The lowest BCUT2D eigenvalue weighted by atomic mass is 9.96. The van der Waals surface area contributed by atoms with E-state index >= 15 is 0 Å². The summed E-state index contributed by atoms with van der Waals surface area (Å²) in [4.78, 5) is 11.3. The number of hydrogen-bond donors (Lipinski definition) is 2. The Morgan fingerprint density at radius 1 is 1.54 bits per heavy atom. The van der Waals surface area contributed by atoms with Crippen molar-refractivity contribution in [2.24, 2.45) is 5.92 Å². The highest BCUT2D eigenvalue weighted by atomic mass is 16.6. The van der Waals surface area contributed by atoms with Crippen LogP contribution in [0.4, 0.5) is 0 Å². The molecule has 0 radical (unpaired) electrons. The maximum Gasteiger partial charge on any atom is 0.335 e. The SMILES string of the molecule is CC(C)(C)OC(=O)[C@H](O)C1CNC1. The van der Waals surface area contributed by atoms with E-state index in [-0.39, 0.29) is 5.92 Å². The topological polar surface area (TPSA) is 58.6 Å². The lowest BCUT2D eigenvalue weighted by molar-refractivity contribution is -0.169. The Labute approximate surface area is 78.3 Å². The van der Waals surface area contributed by atoms with Gasteiger partial charge in [-0.1, -0.05) is 0 Å². The first-order chi connectivity index (χ1) is 5.90. The Morgan fingerprint density at radius 2 is 2.08 bits per heavy atom. The molecule has 4 nitrogen and oxygen atoms in total. The lowest BCUT2D eigenvalue weighted by Crippen LogP contribution is -2.52. The summed E-state index contributed by atoms with van der Waals surface area (Å²) in [6.07, 6.45) is -0.972. The minimum absolute atomic E-state index is 0.0230. The number of esters is 1. The van der Waals surface area contributed by atoms with Crippen molar-refractivity contribution in [2.75, 3.05) is 13.1 Å². The van der Waals surface area contributed by atoms with Crippen LogP contribution in [0.3, 0.4) is 0 Å². The Kier molecular flexibility index (Phi) is 2.93. The molecule has 0 unspecified atom stereocenters. The predicted octanol–water partition coefficient (Wildman–Crippen LogP) is -0.0916. The van der Waals surface area contributed by atoms with Crippen molar-refractivity contribution in [3.8, 4) is 0 Å². The summed E-state index contributed by atoms with van der Waals surface area (Å²) in [6, 6.07) is 0. The molecule has 2 N–H and O–H groups in total. The van der Waals surface area contributed by atoms with E-state index in [1.807, 2.05) is 0 Å². The second kappa shape index (κ2) is 3.64. The number of hydrogen-bond acceptors (Lipinski definition) is 4. The molecule has 0 amide bonds. The molecule has 13 heavy (non-hydrogen) atoms. The van der Waals surface area contributed by atoms with Crippen LogP contribution in [0.2, 0.25) is 0 Å². The van der Waals surface area contributed by atoms with E-state index in [2.05, 4.69) is 5.32 Å². The first-order valence-corrected chi connectivity index (χ1v) is 4.52. The van der Waals surface area contributed by atoms with Crippen molar-refractivity contribution in [1.29, 1.82) is 0 Å². The van der Waals surface area contributed by atoms with Crippen LogP contribution in [-0.2, 0) is 9.53 Å². The molecule has 1 rings (SSSR count). The number of rotatable bonds is 2. The molecule has 76 valence electrons. The molecule has 0 saturated carbocycles. The zero-order valence-corrected chi connectivity index (χ0v) is 8.33. The molecular weight excluding hydrogens is 170 g/mol. The van der Waals surface area contributed by atoms with Crippen LogP contribution < -0.4 is 5.32 Å². The second-order valence-electron chi connectivity index (χ2n) is 4.40. The highest BCUT2D eigenvalue weighted by Gasteiger charge is 2.33. The molecule has 0 aromatic rings. The van der Waals surface area contributed by atoms with Gasteiger partial charge in [-0.3, -0.25) is 0 Å². The Hall–Kier alpha value is -0.610. The summed E-state index contributed by atoms with van der Waals surface area (Å²) in [5.41, 5.74) is -0.519. The molecule has 1 aliphatic heterocycles. The van der Waals surface area contributed by atoms with E-state index in [1.165, 1.54) is 0 Å². The maximum absolute atomic E-state index is 11.3. The van der Waals surface area contributed by atoms with Gasteiger partial charge in [0.25, 0.3) is 0 Å². The van der Waals surface area contributed by atoms with Crippen LogP contribution in [-0.4, -0.2) is 35.9 Å². The molecule has 0 bridgehead atoms. The molecule has 1 saturated heterocycles. The number of ether oxygens (including phenoxy) is 1. The average molecular weight is 187 g/mol. The van der Waals surface area contributed by atoms with E-state index in [0.717, 1.165) is 0 Å². The number of aliphatic hydroxyl groups excluding tert-OH is 1. The second-order valence-corrected chi connectivity index (χ2v) is 4.40. The molecule has 1 fully saturated rings. The number of aliphatic hydroxyl groups is 1. The lowest BCUT2D eigenvalue weighted by Gasteiger charge is -2.31. The number of carbonyl (C=O) groups is 1. The molecule has 1 aliphatic rings. The van der Waals surface area contributed by atoms with E-state index in [1.54, 1.807) is 20.8 Å². The first-order valence-electron chi connectivity index (χ1n) is 4.52. The molecule has 0 aromatic heterocycles. The largest absolute Gasteiger partial charge is 0.458 e. The van der Waals surface area contributed by atoms with Gasteiger partial charge in [-0.05, 0) is 20.8 Å². The Balaban J connectivity index is 2.38. The standard InChI is InChI=1S/C9H17NO3/c1-9(2,3)13-8(12)7(11)6-4-10-5-6/h6-7,10-11H,4-5H2,1-3H3/t7-/m1/s1. The van der Waals surface area contributed by atoms with Gasteiger partial charge in [0, 0.05) is 19.0 Å². The number of nitrogens with one attached hydrogen (secondary N) is 1. The van der Waals surface area contributed by atoms with E-state index < -0.39 is 17.7 Å². The summed E-state index contributed by atoms with van der Waals surface area (Å²) in [6.45, 7) is 6.75. The third-order valence-electron chi connectivity index (χ3n) is 1.91. The Morgan fingerprint density at radius 3 is 2.38 bits per heavy atom. The predicted molar refractivity (Wildman–Crippen MR) is 48.2 cm³/mol. The first kappa shape index (κ1) is 10.5. The summed E-state index contributed by atoms with van der Waals surface area (Å²) >= 11 is 0. The molecule has 0 aromatic carbocycles. The maximum atomic E-state index is 11.3. The normalized spacial score (nSPS) is 20.6. The summed E-state index contributed by atoms with van der Waals surface area (Å²) < 4.78 is 5.04. The van der Waals surface area contributed by atoms with E-state index in [0.29, 0.717) is 13.1 Å². The fraction of sp³-hybridized carbons (Fsp3) is 0.889. The van der Waals surface area contributed by atoms with E-state index in [9.17, 15) is 9.90 Å². The van der Waals surface area contributed by atoms with Gasteiger partial charge in [0.05, 0.1) is 0 Å². The molecule has 1 heterocycles. The van der Waals surface area contributed by atoms with Crippen LogP contribution in [0.5, 0.6) is 0 Å². The van der Waals surface area contributed by atoms with Gasteiger partial charge in [-0.25, -0.2) is 4.79 Å². The van der Waals surface area contributed by atoms with Crippen LogP contribution >= 0.6 is 0 Å². The highest BCUT2D eigenvalue weighted by molar-refractivity contribution is 5.75. The van der Waals surface area contributed by atoms with Crippen LogP contribution in [0, 0.1) is 5.92 Å². The van der Waals surface area contributed by atoms with Crippen LogP contribution in [0.15, 0.2) is 0 Å². The summed E-state index contributed by atoms with van der Waals surface area (Å²) in [7, 11) is 0. The van der Waals surface area contributed by atoms with Gasteiger partial charge in [-0.2, -0.15) is 0 Å². The van der Waals surface area contributed by atoms with Crippen molar-refractivity contribution in [1.82, 2.24) is 5.32 Å². The molecule has 0 spiro atoms. The molecule has 4 heteroatoms. The molecule has 1 atom stereocenters. The monoisotopic (exact) mass is 187 g/mol. The van der Waals surface area contributed by atoms with Crippen molar-refractivity contribution < 1.29 is 14.6 Å².